The number of aromatic nitrogens is 2. The van der Waals surface area contributed by atoms with E-state index in [1.165, 1.54) is 11.5 Å². The second-order valence-corrected chi connectivity index (χ2v) is 5.61. The summed E-state index contributed by atoms with van der Waals surface area (Å²) in [5, 5.41) is 11.2. The molecule has 2 aromatic heterocycles. The summed E-state index contributed by atoms with van der Waals surface area (Å²) >= 11 is 1.43. The lowest BCUT2D eigenvalue weighted by Crippen LogP contribution is -2.30. The molecule has 2 aromatic rings. The van der Waals surface area contributed by atoms with Crippen LogP contribution < -0.4 is 4.90 Å². The Balaban J connectivity index is 1.70. The Morgan fingerprint density at radius 2 is 2.53 bits per heavy atom. The highest BCUT2D eigenvalue weighted by atomic mass is 32.1. The molecule has 6 heteroatoms. The number of nitrogens with zero attached hydrogens (tertiary/aromatic N) is 3. The lowest BCUT2D eigenvalue weighted by Gasteiger charge is -2.25. The van der Waals surface area contributed by atoms with Gasteiger partial charge in [-0.25, -0.2) is 4.98 Å². The third-order valence-electron chi connectivity index (χ3n) is 3.51. The van der Waals surface area contributed by atoms with Gasteiger partial charge in [-0.15, -0.1) is 0 Å². The first-order chi connectivity index (χ1) is 9.24. The van der Waals surface area contributed by atoms with Gasteiger partial charge in [0.05, 0.1) is 6.26 Å². The Hall–Kier alpha value is -1.40. The predicted molar refractivity (Wildman–Crippen MR) is 73.3 cm³/mol. The van der Waals surface area contributed by atoms with E-state index in [9.17, 15) is 5.11 Å². The summed E-state index contributed by atoms with van der Waals surface area (Å²) < 4.78 is 9.49. The van der Waals surface area contributed by atoms with E-state index in [2.05, 4.69) is 14.3 Å². The molecule has 3 rings (SSSR count). The predicted octanol–water partition coefficient (Wildman–Crippen LogP) is 2.53. The summed E-state index contributed by atoms with van der Waals surface area (Å²) in [7, 11) is 0. The molecule has 0 saturated carbocycles. The fourth-order valence-corrected chi connectivity index (χ4v) is 3.36. The van der Waals surface area contributed by atoms with Crippen molar-refractivity contribution in [2.45, 2.75) is 38.3 Å². The van der Waals surface area contributed by atoms with Gasteiger partial charge in [-0.2, -0.15) is 4.37 Å². The minimum absolute atomic E-state index is 0.312. The lowest BCUT2D eigenvalue weighted by atomic mass is 10.1. The molecule has 1 aliphatic rings. The van der Waals surface area contributed by atoms with Crippen molar-refractivity contribution in [2.24, 2.45) is 0 Å². The molecule has 1 N–H and O–H groups in total. The first-order valence-corrected chi connectivity index (χ1v) is 7.30. The Morgan fingerprint density at radius 1 is 1.63 bits per heavy atom. The minimum Gasteiger partial charge on any atom is -0.467 e. The number of rotatable bonds is 4. The largest absolute Gasteiger partial charge is 0.467 e. The van der Waals surface area contributed by atoms with Gasteiger partial charge in [0.15, 0.2) is 0 Å². The number of aliphatic hydroxyl groups is 1. The molecule has 5 nitrogen and oxygen atoms in total. The molecule has 2 unspecified atom stereocenters. The number of anilines is 1. The van der Waals surface area contributed by atoms with Crippen molar-refractivity contribution in [3.8, 4) is 0 Å². The highest BCUT2D eigenvalue weighted by Gasteiger charge is 2.29. The normalized spacial score (nSPS) is 20.9. The molecule has 2 atom stereocenters. The molecular formula is C13H17N3O2S. The Morgan fingerprint density at radius 3 is 3.21 bits per heavy atom. The number of furan rings is 1. The zero-order valence-electron chi connectivity index (χ0n) is 10.8. The zero-order valence-corrected chi connectivity index (χ0v) is 11.6. The quantitative estimate of drug-likeness (QED) is 0.931. The van der Waals surface area contributed by atoms with Crippen LogP contribution in [-0.2, 0) is 0 Å². The highest BCUT2D eigenvalue weighted by molar-refractivity contribution is 7.09. The SMILES string of the molecule is Cc1nsc(N2CCCC2CC(O)c2ccco2)n1. The molecule has 0 aromatic carbocycles. The van der Waals surface area contributed by atoms with E-state index in [1.54, 1.807) is 12.3 Å². The molecule has 1 fully saturated rings. The Kier molecular flexibility index (Phi) is 3.52. The maximum absolute atomic E-state index is 10.2. The summed E-state index contributed by atoms with van der Waals surface area (Å²) in [5.74, 6) is 1.46. The van der Waals surface area contributed by atoms with Gasteiger partial charge in [-0.3, -0.25) is 0 Å². The van der Waals surface area contributed by atoms with Crippen LogP contribution in [0.5, 0.6) is 0 Å². The molecule has 0 spiro atoms. The van der Waals surface area contributed by atoms with Crippen molar-refractivity contribution in [2.75, 3.05) is 11.4 Å². The second-order valence-electron chi connectivity index (χ2n) is 4.88. The molecular weight excluding hydrogens is 262 g/mol. The number of hydrogen-bond acceptors (Lipinski definition) is 6. The van der Waals surface area contributed by atoms with Crippen molar-refractivity contribution in [1.82, 2.24) is 9.36 Å². The number of aliphatic hydroxyl groups excluding tert-OH is 1. The Bertz CT molecular complexity index is 526. The molecule has 102 valence electrons. The fraction of sp³-hybridized carbons (Fsp3) is 0.538. The third-order valence-corrected chi connectivity index (χ3v) is 4.35. The molecule has 3 heterocycles. The van der Waals surface area contributed by atoms with E-state index in [1.807, 2.05) is 13.0 Å². The van der Waals surface area contributed by atoms with Crippen LogP contribution in [0.4, 0.5) is 5.13 Å². The van der Waals surface area contributed by atoms with Gasteiger partial charge in [-0.1, -0.05) is 0 Å². The summed E-state index contributed by atoms with van der Waals surface area (Å²) in [6.45, 7) is 2.90. The van der Waals surface area contributed by atoms with E-state index in [0.717, 1.165) is 30.3 Å². The molecule has 0 bridgehead atoms. The van der Waals surface area contributed by atoms with E-state index in [-0.39, 0.29) is 0 Å². The average Bonchev–Trinajstić information content (AvgIpc) is 3.08. The van der Waals surface area contributed by atoms with E-state index in [4.69, 9.17) is 4.42 Å². The van der Waals surface area contributed by atoms with Crippen molar-refractivity contribution < 1.29 is 9.52 Å². The molecule has 0 radical (unpaired) electrons. The maximum Gasteiger partial charge on any atom is 0.205 e. The molecule has 1 aliphatic heterocycles. The highest BCUT2D eigenvalue weighted by Crippen LogP contribution is 2.32. The van der Waals surface area contributed by atoms with Gasteiger partial charge in [0.1, 0.15) is 17.7 Å². The van der Waals surface area contributed by atoms with Gasteiger partial charge in [-0.05, 0) is 31.9 Å². The topological polar surface area (TPSA) is 62.4 Å². The van der Waals surface area contributed by atoms with Crippen LogP contribution in [0.3, 0.4) is 0 Å². The first kappa shape index (κ1) is 12.6. The molecule has 19 heavy (non-hydrogen) atoms. The van der Waals surface area contributed by atoms with Crippen molar-refractivity contribution in [1.29, 1.82) is 0 Å². The van der Waals surface area contributed by atoms with Crippen LogP contribution in [0, 0.1) is 6.92 Å². The third kappa shape index (κ3) is 2.64. The standard InChI is InChI=1S/C13H17N3O2S/c1-9-14-13(19-15-9)16-6-2-4-10(16)8-11(17)12-5-3-7-18-12/h3,5,7,10-11,17H,2,4,6,8H2,1H3. The van der Waals surface area contributed by atoms with Crippen molar-refractivity contribution in [3.63, 3.8) is 0 Å². The monoisotopic (exact) mass is 279 g/mol. The van der Waals surface area contributed by atoms with Crippen molar-refractivity contribution >= 4 is 16.7 Å². The average molecular weight is 279 g/mol. The zero-order chi connectivity index (χ0) is 13.2. The van der Waals surface area contributed by atoms with E-state index < -0.39 is 6.10 Å². The second kappa shape index (κ2) is 5.30. The van der Waals surface area contributed by atoms with E-state index in [0.29, 0.717) is 18.2 Å². The van der Waals surface area contributed by atoms with E-state index >= 15 is 0 Å². The van der Waals surface area contributed by atoms with Gasteiger partial charge in [0, 0.05) is 30.5 Å². The van der Waals surface area contributed by atoms with Crippen LogP contribution in [-0.4, -0.2) is 27.1 Å². The van der Waals surface area contributed by atoms with Crippen LogP contribution in [0.15, 0.2) is 22.8 Å². The molecule has 0 aliphatic carbocycles. The number of aryl methyl sites for hydroxylation is 1. The smallest absolute Gasteiger partial charge is 0.205 e. The van der Waals surface area contributed by atoms with Crippen LogP contribution in [0.2, 0.25) is 0 Å². The van der Waals surface area contributed by atoms with Gasteiger partial charge >= 0.3 is 0 Å². The fourth-order valence-electron chi connectivity index (χ4n) is 2.59. The maximum atomic E-state index is 10.2. The molecule has 0 amide bonds. The summed E-state index contributed by atoms with van der Waals surface area (Å²) in [5.41, 5.74) is 0. The van der Waals surface area contributed by atoms with Gasteiger partial charge < -0.3 is 14.4 Å². The van der Waals surface area contributed by atoms with Crippen LogP contribution >= 0.6 is 11.5 Å². The minimum atomic E-state index is -0.547. The first-order valence-electron chi connectivity index (χ1n) is 6.52. The number of hydrogen-bond donors (Lipinski definition) is 1. The summed E-state index contributed by atoms with van der Waals surface area (Å²) in [4.78, 5) is 6.70. The lowest BCUT2D eigenvalue weighted by molar-refractivity contribution is 0.132. The van der Waals surface area contributed by atoms with Gasteiger partial charge in [0.2, 0.25) is 5.13 Å². The van der Waals surface area contributed by atoms with Crippen LogP contribution in [0.25, 0.3) is 0 Å². The van der Waals surface area contributed by atoms with Crippen LogP contribution in [0.1, 0.15) is 37.0 Å². The summed E-state index contributed by atoms with van der Waals surface area (Å²) in [6.07, 6.45) is 3.94. The molecule has 1 saturated heterocycles. The van der Waals surface area contributed by atoms with Crippen molar-refractivity contribution in [3.05, 3.63) is 30.0 Å². The summed E-state index contributed by atoms with van der Waals surface area (Å²) in [6, 6.07) is 3.94. The Labute approximate surface area is 116 Å². The van der Waals surface area contributed by atoms with Gasteiger partial charge in [0.25, 0.3) is 0 Å².